The quantitative estimate of drug-likeness (QED) is 0.870. The van der Waals surface area contributed by atoms with E-state index in [0.717, 1.165) is 24.0 Å². The maximum absolute atomic E-state index is 13.0. The zero-order chi connectivity index (χ0) is 17.6. The molecule has 0 radical (unpaired) electrons. The van der Waals surface area contributed by atoms with Gasteiger partial charge in [0.15, 0.2) is 0 Å². The lowest BCUT2D eigenvalue weighted by atomic mass is 9.87. The Morgan fingerprint density at radius 2 is 1.80 bits per heavy atom. The third kappa shape index (κ3) is 4.51. The summed E-state index contributed by atoms with van der Waals surface area (Å²) in [5.41, 5.74) is 1.66. The highest BCUT2D eigenvalue weighted by atomic mass is 19.1. The van der Waals surface area contributed by atoms with E-state index in [1.54, 1.807) is 41.6 Å². The zero-order valence-corrected chi connectivity index (χ0v) is 13.9. The largest absolute Gasteiger partial charge is 0.388 e. The number of aliphatic hydroxyl groups excluding tert-OH is 1. The molecule has 2 heterocycles. The van der Waals surface area contributed by atoms with Crippen molar-refractivity contribution in [2.45, 2.75) is 18.9 Å². The van der Waals surface area contributed by atoms with Crippen molar-refractivity contribution < 1.29 is 14.3 Å². The molecule has 1 atom stereocenters. The molecule has 130 valence electrons. The fraction of sp³-hybridized carbons (Fsp3) is 0.300. The predicted molar refractivity (Wildman–Crippen MR) is 93.9 cm³/mol. The highest BCUT2D eigenvalue weighted by Crippen LogP contribution is 2.30. The molecule has 3 rings (SSSR count). The van der Waals surface area contributed by atoms with Gasteiger partial charge in [-0.05, 0) is 60.2 Å². The fourth-order valence-corrected chi connectivity index (χ4v) is 3.12. The maximum atomic E-state index is 13.0. The predicted octanol–water partition coefficient (Wildman–Crippen LogP) is 3.21. The molecule has 1 aliphatic rings. The molecule has 0 aliphatic carbocycles. The van der Waals surface area contributed by atoms with Gasteiger partial charge in [0.1, 0.15) is 5.82 Å². The standard InChI is InChI=1S/C20H21FN2O2/c21-18-4-2-16(3-5-18)20(25)17-9-13-23(14-10-17)19(24)6-1-15-7-11-22-12-8-15/h1-8,11-12,17,20,25H,9-10,13-14H2/b6-1+/t20-/m1/s1. The first-order chi connectivity index (χ1) is 12.1. The van der Waals surface area contributed by atoms with Crippen molar-refractivity contribution in [3.05, 3.63) is 71.8 Å². The van der Waals surface area contributed by atoms with Crippen LogP contribution in [0.2, 0.25) is 0 Å². The number of carbonyl (C=O) groups is 1. The number of pyridine rings is 1. The Bertz CT molecular complexity index is 723. The van der Waals surface area contributed by atoms with Gasteiger partial charge in [-0.3, -0.25) is 9.78 Å². The second-order valence-electron chi connectivity index (χ2n) is 6.27. The highest BCUT2D eigenvalue weighted by Gasteiger charge is 2.27. The topological polar surface area (TPSA) is 53.4 Å². The van der Waals surface area contributed by atoms with Crippen LogP contribution in [0.3, 0.4) is 0 Å². The van der Waals surface area contributed by atoms with Crippen LogP contribution in [0.1, 0.15) is 30.1 Å². The summed E-state index contributed by atoms with van der Waals surface area (Å²) in [5.74, 6) is -0.248. The van der Waals surface area contributed by atoms with Crippen LogP contribution in [0, 0.1) is 11.7 Å². The maximum Gasteiger partial charge on any atom is 0.246 e. The van der Waals surface area contributed by atoms with Gasteiger partial charge >= 0.3 is 0 Å². The summed E-state index contributed by atoms with van der Waals surface area (Å²) >= 11 is 0. The van der Waals surface area contributed by atoms with E-state index in [-0.39, 0.29) is 17.6 Å². The first-order valence-electron chi connectivity index (χ1n) is 8.44. The zero-order valence-electron chi connectivity index (χ0n) is 13.9. The van der Waals surface area contributed by atoms with Crippen molar-refractivity contribution in [1.29, 1.82) is 0 Å². The number of likely N-dealkylation sites (tertiary alicyclic amines) is 1. The molecule has 0 saturated carbocycles. The van der Waals surface area contributed by atoms with E-state index in [0.29, 0.717) is 13.1 Å². The molecule has 1 fully saturated rings. The van der Waals surface area contributed by atoms with Gasteiger partial charge in [-0.15, -0.1) is 0 Å². The molecule has 1 saturated heterocycles. The van der Waals surface area contributed by atoms with Crippen LogP contribution < -0.4 is 0 Å². The third-order valence-electron chi connectivity index (χ3n) is 4.63. The van der Waals surface area contributed by atoms with Crippen molar-refractivity contribution >= 4 is 12.0 Å². The molecule has 0 bridgehead atoms. The summed E-state index contributed by atoms with van der Waals surface area (Å²) < 4.78 is 13.0. The minimum atomic E-state index is -0.620. The molecule has 1 aliphatic heterocycles. The smallest absolute Gasteiger partial charge is 0.246 e. The van der Waals surface area contributed by atoms with E-state index in [2.05, 4.69) is 4.98 Å². The third-order valence-corrected chi connectivity index (χ3v) is 4.63. The number of carbonyl (C=O) groups excluding carboxylic acids is 1. The van der Waals surface area contributed by atoms with Crippen LogP contribution in [-0.2, 0) is 4.79 Å². The molecule has 1 aromatic carbocycles. The molecule has 4 nitrogen and oxygen atoms in total. The summed E-state index contributed by atoms with van der Waals surface area (Å²) in [7, 11) is 0. The Morgan fingerprint density at radius 1 is 1.16 bits per heavy atom. The van der Waals surface area contributed by atoms with E-state index in [4.69, 9.17) is 0 Å². The molecule has 1 N–H and O–H groups in total. The molecule has 5 heteroatoms. The van der Waals surface area contributed by atoms with Crippen LogP contribution in [-0.4, -0.2) is 34.0 Å². The molecule has 1 amide bonds. The summed E-state index contributed by atoms with van der Waals surface area (Å²) in [4.78, 5) is 18.0. The molecule has 1 aromatic heterocycles. The lowest BCUT2D eigenvalue weighted by Gasteiger charge is -2.34. The fourth-order valence-electron chi connectivity index (χ4n) is 3.12. The van der Waals surface area contributed by atoms with Gasteiger partial charge in [-0.25, -0.2) is 4.39 Å². The second kappa shape index (κ2) is 8.03. The summed E-state index contributed by atoms with van der Waals surface area (Å²) in [6, 6.07) is 9.65. The number of benzene rings is 1. The van der Waals surface area contributed by atoms with Crippen molar-refractivity contribution in [1.82, 2.24) is 9.88 Å². The Kier molecular flexibility index (Phi) is 5.56. The summed E-state index contributed by atoms with van der Waals surface area (Å²) in [5, 5.41) is 10.5. The number of nitrogens with zero attached hydrogens (tertiary/aromatic N) is 2. The number of amides is 1. The number of aliphatic hydroxyl groups is 1. The van der Waals surface area contributed by atoms with Crippen molar-refractivity contribution in [2.75, 3.05) is 13.1 Å². The minimum Gasteiger partial charge on any atom is -0.388 e. The average Bonchev–Trinajstić information content (AvgIpc) is 2.67. The minimum absolute atomic E-state index is 0.0217. The number of hydrogen-bond acceptors (Lipinski definition) is 3. The molecule has 0 spiro atoms. The monoisotopic (exact) mass is 340 g/mol. The molecule has 2 aromatic rings. The van der Waals surface area contributed by atoms with Gasteiger partial charge in [0.25, 0.3) is 0 Å². The van der Waals surface area contributed by atoms with Crippen LogP contribution in [0.5, 0.6) is 0 Å². The SMILES string of the molecule is O=C(/C=C/c1ccncc1)N1CCC([C@H](O)c2ccc(F)cc2)CC1. The lowest BCUT2D eigenvalue weighted by molar-refractivity contribution is -0.127. The van der Waals surface area contributed by atoms with Gasteiger partial charge in [-0.2, -0.15) is 0 Å². The molecular weight excluding hydrogens is 319 g/mol. The molecule has 25 heavy (non-hydrogen) atoms. The summed E-state index contributed by atoms with van der Waals surface area (Å²) in [6.45, 7) is 1.23. The Hall–Kier alpha value is -2.53. The van der Waals surface area contributed by atoms with Gasteiger partial charge in [0.05, 0.1) is 6.10 Å². The van der Waals surface area contributed by atoms with Gasteiger partial charge in [-0.1, -0.05) is 12.1 Å². The van der Waals surface area contributed by atoms with E-state index >= 15 is 0 Å². The number of rotatable bonds is 4. The Labute approximate surface area is 146 Å². The first kappa shape index (κ1) is 17.3. The van der Waals surface area contributed by atoms with Crippen molar-refractivity contribution in [2.24, 2.45) is 5.92 Å². The van der Waals surface area contributed by atoms with E-state index in [1.165, 1.54) is 12.1 Å². The van der Waals surface area contributed by atoms with Gasteiger partial charge in [0.2, 0.25) is 5.91 Å². The first-order valence-corrected chi connectivity index (χ1v) is 8.44. The van der Waals surface area contributed by atoms with Crippen LogP contribution in [0.4, 0.5) is 4.39 Å². The molecule has 0 unspecified atom stereocenters. The van der Waals surface area contributed by atoms with Gasteiger partial charge in [0, 0.05) is 31.6 Å². The van der Waals surface area contributed by atoms with E-state index < -0.39 is 6.10 Å². The highest BCUT2D eigenvalue weighted by molar-refractivity contribution is 5.91. The van der Waals surface area contributed by atoms with Crippen molar-refractivity contribution in [3.63, 3.8) is 0 Å². The lowest BCUT2D eigenvalue weighted by Crippen LogP contribution is -2.38. The van der Waals surface area contributed by atoms with Crippen LogP contribution in [0.15, 0.2) is 54.9 Å². The van der Waals surface area contributed by atoms with Crippen LogP contribution >= 0.6 is 0 Å². The second-order valence-corrected chi connectivity index (χ2v) is 6.27. The van der Waals surface area contributed by atoms with Gasteiger partial charge < -0.3 is 10.0 Å². The van der Waals surface area contributed by atoms with Crippen LogP contribution in [0.25, 0.3) is 6.08 Å². The number of halogens is 1. The number of aromatic nitrogens is 1. The normalized spacial score (nSPS) is 17.0. The molecular formula is C20H21FN2O2. The number of piperidine rings is 1. The van der Waals surface area contributed by atoms with E-state index in [9.17, 15) is 14.3 Å². The Balaban J connectivity index is 1.53. The Morgan fingerprint density at radius 3 is 2.44 bits per heavy atom. The van der Waals surface area contributed by atoms with E-state index in [1.807, 2.05) is 12.1 Å². The van der Waals surface area contributed by atoms with Crippen molar-refractivity contribution in [3.8, 4) is 0 Å². The summed E-state index contributed by atoms with van der Waals surface area (Å²) in [6.07, 6.45) is 7.57. The average molecular weight is 340 g/mol. The number of hydrogen-bond donors (Lipinski definition) is 1.